The van der Waals surface area contributed by atoms with E-state index >= 15 is 0 Å². The predicted molar refractivity (Wildman–Crippen MR) is 57.5 cm³/mol. The van der Waals surface area contributed by atoms with Crippen LogP contribution in [0.25, 0.3) is 0 Å². The van der Waals surface area contributed by atoms with Gasteiger partial charge in [-0.3, -0.25) is 9.69 Å². The largest absolute Gasteiger partial charge is 0.480 e. The number of aliphatic carboxylic acids is 1. The fourth-order valence-electron chi connectivity index (χ4n) is 1.89. The summed E-state index contributed by atoms with van der Waals surface area (Å²) in [6.45, 7) is 0.702. The second-order valence-electron chi connectivity index (χ2n) is 4.18. The molecule has 1 aliphatic rings. The van der Waals surface area contributed by atoms with Crippen LogP contribution in [0.4, 0.5) is 0 Å². The maximum Gasteiger partial charge on any atom is 0.324 e. The molecule has 1 aliphatic carbocycles. The number of hydrogen-bond donors (Lipinski definition) is 1. The summed E-state index contributed by atoms with van der Waals surface area (Å²) in [5, 5.41) is 9.11. The number of rotatable bonds is 4. The van der Waals surface area contributed by atoms with Crippen molar-refractivity contribution >= 4 is 5.97 Å². The van der Waals surface area contributed by atoms with Gasteiger partial charge < -0.3 is 5.11 Å². The lowest BCUT2D eigenvalue weighted by Gasteiger charge is -2.24. The van der Waals surface area contributed by atoms with Gasteiger partial charge in [0.2, 0.25) is 0 Å². The van der Waals surface area contributed by atoms with Crippen LogP contribution in [0.5, 0.6) is 0 Å². The third-order valence-corrected chi connectivity index (χ3v) is 3.11. The Hall–Kier alpha value is -1.35. The maximum atomic E-state index is 11.1. The van der Waals surface area contributed by atoms with Gasteiger partial charge in [0.05, 0.1) is 0 Å². The van der Waals surface area contributed by atoms with Crippen LogP contribution < -0.4 is 0 Å². The molecule has 3 nitrogen and oxygen atoms in total. The predicted octanol–water partition coefficient (Wildman–Crippen LogP) is 1.74. The summed E-state index contributed by atoms with van der Waals surface area (Å²) in [6, 6.07) is 9.96. The van der Waals surface area contributed by atoms with Crippen molar-refractivity contribution in [2.75, 3.05) is 7.05 Å². The van der Waals surface area contributed by atoms with Gasteiger partial charge in [-0.05, 0) is 25.5 Å². The zero-order chi connectivity index (χ0) is 10.9. The van der Waals surface area contributed by atoms with Gasteiger partial charge in [0.15, 0.2) is 0 Å². The van der Waals surface area contributed by atoms with E-state index in [0.29, 0.717) is 6.54 Å². The molecule has 80 valence electrons. The van der Waals surface area contributed by atoms with E-state index < -0.39 is 11.5 Å². The Bertz CT molecular complexity index is 357. The van der Waals surface area contributed by atoms with E-state index in [9.17, 15) is 4.79 Å². The van der Waals surface area contributed by atoms with Crippen molar-refractivity contribution in [3.63, 3.8) is 0 Å². The highest BCUT2D eigenvalue weighted by Crippen LogP contribution is 2.41. The molecule has 1 fully saturated rings. The van der Waals surface area contributed by atoms with E-state index in [1.54, 1.807) is 0 Å². The highest BCUT2D eigenvalue weighted by atomic mass is 16.4. The van der Waals surface area contributed by atoms with Crippen LogP contribution in [0.1, 0.15) is 18.4 Å². The topological polar surface area (TPSA) is 40.5 Å². The zero-order valence-corrected chi connectivity index (χ0v) is 8.81. The molecule has 0 unspecified atom stereocenters. The summed E-state index contributed by atoms with van der Waals surface area (Å²) >= 11 is 0. The monoisotopic (exact) mass is 205 g/mol. The molecule has 0 aromatic heterocycles. The van der Waals surface area contributed by atoms with Gasteiger partial charge >= 0.3 is 5.97 Å². The minimum absolute atomic E-state index is 0.587. The molecule has 3 heteroatoms. The molecule has 0 atom stereocenters. The van der Waals surface area contributed by atoms with Crippen LogP contribution in [-0.2, 0) is 11.3 Å². The molecule has 0 radical (unpaired) electrons. The molecule has 0 spiro atoms. The van der Waals surface area contributed by atoms with Crippen molar-refractivity contribution in [3.8, 4) is 0 Å². The summed E-state index contributed by atoms with van der Waals surface area (Å²) < 4.78 is 0. The number of carboxylic acid groups (broad SMARTS) is 1. The number of carbonyl (C=O) groups is 1. The second kappa shape index (κ2) is 3.66. The average molecular weight is 205 g/mol. The Morgan fingerprint density at radius 3 is 2.47 bits per heavy atom. The molecule has 0 aliphatic heterocycles. The summed E-state index contributed by atoms with van der Waals surface area (Å²) in [7, 11) is 1.88. The summed E-state index contributed by atoms with van der Waals surface area (Å²) in [5.74, 6) is -0.694. The minimum Gasteiger partial charge on any atom is -0.480 e. The number of nitrogens with zero attached hydrogens (tertiary/aromatic N) is 1. The van der Waals surface area contributed by atoms with Gasteiger partial charge in [0, 0.05) is 6.54 Å². The Morgan fingerprint density at radius 2 is 2.00 bits per heavy atom. The van der Waals surface area contributed by atoms with Crippen LogP contribution in [0.3, 0.4) is 0 Å². The van der Waals surface area contributed by atoms with E-state index in [1.165, 1.54) is 0 Å². The van der Waals surface area contributed by atoms with E-state index in [4.69, 9.17) is 5.11 Å². The van der Waals surface area contributed by atoms with Gasteiger partial charge in [-0.15, -0.1) is 0 Å². The fourth-order valence-corrected chi connectivity index (χ4v) is 1.89. The van der Waals surface area contributed by atoms with Gasteiger partial charge in [-0.2, -0.15) is 0 Å². The zero-order valence-electron chi connectivity index (χ0n) is 8.81. The van der Waals surface area contributed by atoms with Crippen LogP contribution >= 0.6 is 0 Å². The third-order valence-electron chi connectivity index (χ3n) is 3.11. The van der Waals surface area contributed by atoms with Crippen molar-refractivity contribution in [2.45, 2.75) is 24.9 Å². The number of hydrogen-bond acceptors (Lipinski definition) is 2. The Balaban J connectivity index is 2.05. The first-order valence-corrected chi connectivity index (χ1v) is 5.14. The van der Waals surface area contributed by atoms with E-state index in [0.717, 1.165) is 18.4 Å². The van der Waals surface area contributed by atoms with Gasteiger partial charge in [0.1, 0.15) is 5.54 Å². The Kier molecular flexibility index (Phi) is 2.49. The molecule has 15 heavy (non-hydrogen) atoms. The van der Waals surface area contributed by atoms with Crippen molar-refractivity contribution in [1.82, 2.24) is 4.90 Å². The van der Waals surface area contributed by atoms with Crippen molar-refractivity contribution < 1.29 is 9.90 Å². The van der Waals surface area contributed by atoms with Gasteiger partial charge in [-0.25, -0.2) is 0 Å². The fraction of sp³-hybridized carbons (Fsp3) is 0.417. The van der Waals surface area contributed by atoms with Crippen molar-refractivity contribution in [1.29, 1.82) is 0 Å². The molecule has 2 rings (SSSR count). The van der Waals surface area contributed by atoms with E-state index in [1.807, 2.05) is 42.3 Å². The van der Waals surface area contributed by atoms with Crippen LogP contribution in [0.15, 0.2) is 30.3 Å². The normalized spacial score (nSPS) is 17.7. The number of likely N-dealkylation sites (N-methyl/N-ethyl adjacent to an activating group) is 1. The highest BCUT2D eigenvalue weighted by Gasteiger charge is 2.53. The highest BCUT2D eigenvalue weighted by molar-refractivity contribution is 5.82. The molecule has 0 bridgehead atoms. The molecule has 1 saturated carbocycles. The van der Waals surface area contributed by atoms with Crippen LogP contribution in [0, 0.1) is 0 Å². The second-order valence-corrected chi connectivity index (χ2v) is 4.18. The van der Waals surface area contributed by atoms with Crippen molar-refractivity contribution in [2.24, 2.45) is 0 Å². The van der Waals surface area contributed by atoms with Crippen LogP contribution in [-0.4, -0.2) is 28.6 Å². The van der Waals surface area contributed by atoms with Crippen molar-refractivity contribution in [3.05, 3.63) is 35.9 Å². The molecule has 0 amide bonds. The summed E-state index contributed by atoms with van der Waals surface area (Å²) in [5.41, 5.74) is 0.572. The summed E-state index contributed by atoms with van der Waals surface area (Å²) in [6.07, 6.45) is 1.54. The average Bonchev–Trinajstić information content (AvgIpc) is 2.99. The molecular weight excluding hydrogens is 190 g/mol. The minimum atomic E-state index is -0.694. The smallest absolute Gasteiger partial charge is 0.324 e. The first-order valence-electron chi connectivity index (χ1n) is 5.14. The van der Waals surface area contributed by atoms with E-state index in [-0.39, 0.29) is 0 Å². The quantitative estimate of drug-likeness (QED) is 0.813. The lowest BCUT2D eigenvalue weighted by atomic mass is 10.1. The first kappa shape index (κ1) is 10.2. The first-order chi connectivity index (χ1) is 7.15. The molecule has 1 N–H and O–H groups in total. The SMILES string of the molecule is CN(Cc1ccccc1)C1(C(=O)O)CC1. The Labute approximate surface area is 89.3 Å². The van der Waals surface area contributed by atoms with Crippen LogP contribution in [0.2, 0.25) is 0 Å². The molecule has 0 saturated heterocycles. The standard InChI is InChI=1S/C12H15NO2/c1-13(12(7-8-12)11(14)15)9-10-5-3-2-4-6-10/h2-6H,7-9H2,1H3,(H,14,15). The molecule has 1 aromatic rings. The lowest BCUT2D eigenvalue weighted by molar-refractivity contribution is -0.144. The van der Waals surface area contributed by atoms with Gasteiger partial charge in [0.25, 0.3) is 0 Å². The third kappa shape index (κ3) is 1.88. The maximum absolute atomic E-state index is 11.1. The van der Waals surface area contributed by atoms with Gasteiger partial charge in [-0.1, -0.05) is 30.3 Å². The molecule has 1 aromatic carbocycles. The summed E-state index contributed by atoms with van der Waals surface area (Å²) in [4.78, 5) is 13.0. The number of benzene rings is 1. The molecule has 0 heterocycles. The molecular formula is C12H15NO2. The Morgan fingerprint density at radius 1 is 1.40 bits per heavy atom. The lowest BCUT2D eigenvalue weighted by Crippen LogP contribution is -2.40. The van der Waals surface area contributed by atoms with E-state index in [2.05, 4.69) is 0 Å². The number of carboxylic acids is 1.